The first-order valence-electron chi connectivity index (χ1n) is 5.96. The minimum absolute atomic E-state index is 0.0754. The van der Waals surface area contributed by atoms with Crippen molar-refractivity contribution in [3.8, 4) is 0 Å². The number of hydrogen-bond acceptors (Lipinski definition) is 4. The van der Waals surface area contributed by atoms with Gasteiger partial charge in [-0.3, -0.25) is 4.79 Å². The Morgan fingerprint density at radius 2 is 2.33 bits per heavy atom. The van der Waals surface area contributed by atoms with Crippen molar-refractivity contribution in [1.82, 2.24) is 5.32 Å². The van der Waals surface area contributed by atoms with E-state index in [-0.39, 0.29) is 17.2 Å². The number of carbonyl (C=O) groups excluding carboxylic acids is 1. The highest BCUT2D eigenvalue weighted by atomic mass is 79.9. The van der Waals surface area contributed by atoms with Gasteiger partial charge in [0.05, 0.1) is 11.0 Å². The Hall–Kier alpha value is -0.0400. The molecular formula is C12H19BrN2OS2. The molecule has 1 aromatic rings. The molecule has 1 rings (SSSR count). The normalized spacial score (nSPS) is 14.2. The Bertz CT molecular complexity index is 384. The zero-order chi connectivity index (χ0) is 13.5. The van der Waals surface area contributed by atoms with Gasteiger partial charge in [0.2, 0.25) is 5.91 Å². The molecule has 0 saturated heterocycles. The van der Waals surface area contributed by atoms with Crippen LogP contribution >= 0.6 is 39.0 Å². The summed E-state index contributed by atoms with van der Waals surface area (Å²) in [5.74, 6) is 0.535. The van der Waals surface area contributed by atoms with Gasteiger partial charge in [0.15, 0.2) is 0 Å². The molecule has 0 bridgehead atoms. The molecular weight excluding hydrogens is 332 g/mol. The molecule has 0 aliphatic heterocycles. The molecule has 0 aliphatic rings. The van der Waals surface area contributed by atoms with Crippen LogP contribution in [0.15, 0.2) is 15.9 Å². The summed E-state index contributed by atoms with van der Waals surface area (Å²) in [6.07, 6.45) is 0.905. The second-order valence-corrected chi connectivity index (χ2v) is 6.91. The minimum Gasteiger partial charge on any atom is -0.356 e. The van der Waals surface area contributed by atoms with Crippen molar-refractivity contribution < 1.29 is 4.79 Å². The highest BCUT2D eigenvalue weighted by Gasteiger charge is 2.21. The molecule has 0 fully saturated rings. The van der Waals surface area contributed by atoms with Crippen molar-refractivity contribution in [1.29, 1.82) is 0 Å². The summed E-state index contributed by atoms with van der Waals surface area (Å²) < 4.78 is 1.08. The zero-order valence-electron chi connectivity index (χ0n) is 10.6. The molecule has 1 heterocycles. The predicted molar refractivity (Wildman–Crippen MR) is 84.2 cm³/mol. The van der Waals surface area contributed by atoms with Crippen LogP contribution in [0.4, 0.5) is 0 Å². The Labute approximate surface area is 125 Å². The minimum atomic E-state index is 0.0754. The lowest BCUT2D eigenvalue weighted by atomic mass is 10.1. The van der Waals surface area contributed by atoms with Crippen molar-refractivity contribution in [3.63, 3.8) is 0 Å². The maximum atomic E-state index is 11.5. The first-order valence-corrected chi connectivity index (χ1v) is 8.68. The van der Waals surface area contributed by atoms with E-state index in [4.69, 9.17) is 5.73 Å². The average molecular weight is 351 g/mol. The maximum absolute atomic E-state index is 11.5. The number of amides is 1. The molecule has 1 amide bonds. The summed E-state index contributed by atoms with van der Waals surface area (Å²) in [6.45, 7) is 4.68. The highest BCUT2D eigenvalue weighted by molar-refractivity contribution is 9.10. The summed E-state index contributed by atoms with van der Waals surface area (Å²) >= 11 is 6.77. The molecule has 0 spiro atoms. The zero-order valence-corrected chi connectivity index (χ0v) is 13.8. The van der Waals surface area contributed by atoms with Gasteiger partial charge in [-0.2, -0.15) is 0 Å². The largest absolute Gasteiger partial charge is 0.356 e. The molecule has 1 aromatic heterocycles. The van der Waals surface area contributed by atoms with Gasteiger partial charge in [-0.15, -0.1) is 23.1 Å². The van der Waals surface area contributed by atoms with Gasteiger partial charge >= 0.3 is 0 Å². The van der Waals surface area contributed by atoms with E-state index in [0.717, 1.165) is 10.9 Å². The second kappa shape index (κ2) is 8.19. The number of nitrogens with two attached hydrogens (primary N) is 1. The van der Waals surface area contributed by atoms with Crippen molar-refractivity contribution >= 4 is 44.9 Å². The van der Waals surface area contributed by atoms with Crippen molar-refractivity contribution in [2.75, 3.05) is 12.3 Å². The standard InChI is InChI=1S/C12H19BrN2OS2/c1-3-9(14)12(10-5-8(13)6-17-10)18-7-11(16)15-4-2/h5-6,9,12H,3-4,7,14H2,1-2H3,(H,15,16). The van der Waals surface area contributed by atoms with Crippen LogP contribution in [0, 0.1) is 0 Å². The summed E-state index contributed by atoms with van der Waals surface area (Å²) in [7, 11) is 0. The van der Waals surface area contributed by atoms with Gasteiger partial charge in [-0.1, -0.05) is 6.92 Å². The lowest BCUT2D eigenvalue weighted by Gasteiger charge is -2.21. The summed E-state index contributed by atoms with van der Waals surface area (Å²) in [5, 5.41) is 5.05. The Morgan fingerprint density at radius 3 is 2.83 bits per heavy atom. The van der Waals surface area contributed by atoms with Crippen LogP contribution in [0.25, 0.3) is 0 Å². The molecule has 6 heteroatoms. The van der Waals surface area contributed by atoms with Crippen LogP contribution in [0.1, 0.15) is 30.4 Å². The Kier molecular flexibility index (Phi) is 7.29. The lowest BCUT2D eigenvalue weighted by Crippen LogP contribution is -2.29. The number of rotatable bonds is 7. The summed E-state index contributed by atoms with van der Waals surface area (Å²) in [6, 6.07) is 2.17. The lowest BCUT2D eigenvalue weighted by molar-refractivity contribution is -0.118. The SMILES string of the molecule is CCNC(=O)CSC(c1cc(Br)cs1)C(N)CC. The monoisotopic (exact) mass is 350 g/mol. The van der Waals surface area contributed by atoms with Crippen molar-refractivity contribution in [3.05, 3.63) is 20.8 Å². The van der Waals surface area contributed by atoms with E-state index in [1.807, 2.05) is 6.92 Å². The molecule has 2 unspecified atom stereocenters. The van der Waals surface area contributed by atoms with E-state index in [1.54, 1.807) is 23.1 Å². The van der Waals surface area contributed by atoms with Crippen LogP contribution < -0.4 is 11.1 Å². The number of halogens is 1. The van der Waals surface area contributed by atoms with E-state index in [1.165, 1.54) is 4.88 Å². The third kappa shape index (κ3) is 4.91. The van der Waals surface area contributed by atoms with Crippen molar-refractivity contribution in [2.24, 2.45) is 5.73 Å². The maximum Gasteiger partial charge on any atom is 0.230 e. The number of thiophene rings is 1. The number of carbonyl (C=O) groups is 1. The fraction of sp³-hybridized carbons (Fsp3) is 0.583. The topological polar surface area (TPSA) is 55.1 Å². The molecule has 3 N–H and O–H groups in total. The van der Waals surface area contributed by atoms with Gasteiger partial charge < -0.3 is 11.1 Å². The molecule has 2 atom stereocenters. The highest BCUT2D eigenvalue weighted by Crippen LogP contribution is 2.37. The number of hydrogen-bond donors (Lipinski definition) is 2. The number of nitrogens with one attached hydrogen (secondary N) is 1. The third-order valence-corrected chi connectivity index (χ3v) is 5.81. The molecule has 0 aliphatic carbocycles. The van der Waals surface area contributed by atoms with Gasteiger partial charge in [-0.25, -0.2) is 0 Å². The van der Waals surface area contributed by atoms with Gasteiger partial charge in [0.1, 0.15) is 0 Å². The van der Waals surface area contributed by atoms with Gasteiger partial charge in [0.25, 0.3) is 0 Å². The molecule has 3 nitrogen and oxygen atoms in total. The fourth-order valence-electron chi connectivity index (χ4n) is 1.52. The molecule has 102 valence electrons. The smallest absolute Gasteiger partial charge is 0.230 e. The van der Waals surface area contributed by atoms with Crippen LogP contribution in [0.2, 0.25) is 0 Å². The summed E-state index contributed by atoms with van der Waals surface area (Å²) in [5.41, 5.74) is 6.16. The van der Waals surface area contributed by atoms with Crippen LogP contribution in [0.3, 0.4) is 0 Å². The second-order valence-electron chi connectivity index (χ2n) is 3.92. The van der Waals surface area contributed by atoms with Gasteiger partial charge in [0, 0.05) is 27.3 Å². The van der Waals surface area contributed by atoms with E-state index in [9.17, 15) is 4.79 Å². The van der Waals surface area contributed by atoms with Crippen LogP contribution in [-0.4, -0.2) is 24.2 Å². The first kappa shape index (κ1) is 16.0. The molecule has 18 heavy (non-hydrogen) atoms. The van der Waals surface area contributed by atoms with Crippen LogP contribution in [0.5, 0.6) is 0 Å². The number of thioether (sulfide) groups is 1. The van der Waals surface area contributed by atoms with E-state index < -0.39 is 0 Å². The van der Waals surface area contributed by atoms with Crippen molar-refractivity contribution in [2.45, 2.75) is 31.6 Å². The summed E-state index contributed by atoms with van der Waals surface area (Å²) in [4.78, 5) is 12.7. The first-order chi connectivity index (χ1) is 8.58. The van der Waals surface area contributed by atoms with E-state index >= 15 is 0 Å². The van der Waals surface area contributed by atoms with Gasteiger partial charge in [-0.05, 0) is 35.3 Å². The van der Waals surface area contributed by atoms with Crippen LogP contribution in [-0.2, 0) is 4.79 Å². The fourth-order valence-corrected chi connectivity index (χ4v) is 4.50. The predicted octanol–water partition coefficient (Wildman–Crippen LogP) is 3.16. The molecule has 0 radical (unpaired) electrons. The Morgan fingerprint density at radius 1 is 1.61 bits per heavy atom. The van der Waals surface area contributed by atoms with E-state index in [2.05, 4.69) is 39.6 Å². The molecule has 0 saturated carbocycles. The molecule has 0 aromatic carbocycles. The average Bonchev–Trinajstić information content (AvgIpc) is 2.76. The quantitative estimate of drug-likeness (QED) is 0.793. The van der Waals surface area contributed by atoms with E-state index in [0.29, 0.717) is 12.3 Å². The third-order valence-electron chi connectivity index (χ3n) is 2.50. The Balaban J connectivity index is 2.65.